The van der Waals surface area contributed by atoms with Crippen molar-refractivity contribution in [3.8, 4) is 0 Å². The van der Waals surface area contributed by atoms with Gasteiger partial charge in [-0.2, -0.15) is 0 Å². The summed E-state index contributed by atoms with van der Waals surface area (Å²) in [6.45, 7) is 8.72. The van der Waals surface area contributed by atoms with Gasteiger partial charge in [-0.25, -0.2) is 4.79 Å². The molecule has 2 unspecified atom stereocenters. The van der Waals surface area contributed by atoms with Crippen LogP contribution in [0, 0.1) is 0 Å². The number of nitrogens with zero attached hydrogens (tertiary/aromatic N) is 2. The van der Waals surface area contributed by atoms with Crippen LogP contribution in [-0.4, -0.2) is 83.3 Å². The third-order valence-corrected chi connectivity index (χ3v) is 4.72. The van der Waals surface area contributed by atoms with E-state index in [1.165, 1.54) is 0 Å². The number of hydrogen-bond donors (Lipinski definition) is 2. The predicted octanol–water partition coefficient (Wildman–Crippen LogP) is 1.48. The molecule has 1 saturated heterocycles. The Balaban J connectivity index is 2.06. The molecule has 1 heterocycles. The van der Waals surface area contributed by atoms with E-state index in [9.17, 15) is 15.0 Å². The van der Waals surface area contributed by atoms with Crippen LogP contribution < -0.4 is 0 Å². The van der Waals surface area contributed by atoms with Crippen molar-refractivity contribution in [3.63, 3.8) is 0 Å². The van der Waals surface area contributed by atoms with Gasteiger partial charge in [0.25, 0.3) is 0 Å². The highest BCUT2D eigenvalue weighted by Gasteiger charge is 2.32. The standard InChI is InChI=1S/C20H32N2O5/c1-20(2,3)22(9-11-23)14-17(24)18-15-21(10-12-26-19(25)27-18)13-16-7-5-4-6-8-16/h4-8,17-18,23-24H,9-15H2,1-3H3. The highest BCUT2D eigenvalue weighted by Crippen LogP contribution is 2.17. The zero-order chi connectivity index (χ0) is 19.9. The maximum absolute atomic E-state index is 11.8. The van der Waals surface area contributed by atoms with Crippen molar-refractivity contribution in [2.24, 2.45) is 0 Å². The molecule has 0 bridgehead atoms. The molecule has 1 aliphatic heterocycles. The second-order valence-electron chi connectivity index (χ2n) is 7.88. The molecule has 0 aliphatic carbocycles. The smallest absolute Gasteiger partial charge is 0.433 e. The van der Waals surface area contributed by atoms with E-state index < -0.39 is 18.4 Å². The second-order valence-corrected chi connectivity index (χ2v) is 7.88. The van der Waals surface area contributed by atoms with E-state index in [4.69, 9.17) is 9.47 Å². The van der Waals surface area contributed by atoms with Crippen molar-refractivity contribution in [1.82, 2.24) is 9.80 Å². The van der Waals surface area contributed by atoms with Crippen LogP contribution in [0.2, 0.25) is 0 Å². The fourth-order valence-electron chi connectivity index (χ4n) is 3.15. The Labute approximate surface area is 161 Å². The van der Waals surface area contributed by atoms with Crippen LogP contribution in [0.25, 0.3) is 0 Å². The molecule has 0 amide bonds. The lowest BCUT2D eigenvalue weighted by atomic mass is 10.0. The molecule has 2 rings (SSSR count). The molecule has 0 aromatic heterocycles. The number of benzene rings is 1. The van der Waals surface area contributed by atoms with Gasteiger partial charge < -0.3 is 19.7 Å². The lowest BCUT2D eigenvalue weighted by molar-refractivity contribution is -0.0772. The number of aliphatic hydroxyl groups is 2. The monoisotopic (exact) mass is 380 g/mol. The van der Waals surface area contributed by atoms with Gasteiger partial charge in [0.2, 0.25) is 0 Å². The molecular weight excluding hydrogens is 348 g/mol. The van der Waals surface area contributed by atoms with Crippen LogP contribution in [0.15, 0.2) is 30.3 Å². The fourth-order valence-corrected chi connectivity index (χ4v) is 3.15. The van der Waals surface area contributed by atoms with E-state index in [0.29, 0.717) is 32.7 Å². The van der Waals surface area contributed by atoms with Gasteiger partial charge in [0.05, 0.1) is 6.61 Å². The van der Waals surface area contributed by atoms with Gasteiger partial charge in [-0.15, -0.1) is 0 Å². The maximum Gasteiger partial charge on any atom is 0.508 e. The van der Waals surface area contributed by atoms with Crippen molar-refractivity contribution < 1.29 is 24.5 Å². The minimum atomic E-state index is -0.889. The largest absolute Gasteiger partial charge is 0.508 e. The summed E-state index contributed by atoms with van der Waals surface area (Å²) in [7, 11) is 0. The Morgan fingerprint density at radius 1 is 1.30 bits per heavy atom. The minimum Gasteiger partial charge on any atom is -0.433 e. The highest BCUT2D eigenvalue weighted by molar-refractivity contribution is 5.60. The summed E-state index contributed by atoms with van der Waals surface area (Å²) in [5, 5.41) is 20.1. The SMILES string of the molecule is CC(C)(C)N(CCO)CC(O)C1CN(Cc2ccccc2)CCOC(=O)O1. The Kier molecular flexibility index (Phi) is 8.04. The van der Waals surface area contributed by atoms with Crippen LogP contribution in [-0.2, 0) is 16.0 Å². The summed E-state index contributed by atoms with van der Waals surface area (Å²) in [6, 6.07) is 10.0. The fraction of sp³-hybridized carbons (Fsp3) is 0.650. The first kappa shape index (κ1) is 21.6. The van der Waals surface area contributed by atoms with Gasteiger partial charge >= 0.3 is 6.16 Å². The first-order valence-electron chi connectivity index (χ1n) is 9.43. The van der Waals surface area contributed by atoms with E-state index in [0.717, 1.165) is 5.56 Å². The van der Waals surface area contributed by atoms with E-state index >= 15 is 0 Å². The average Bonchev–Trinajstić information content (AvgIpc) is 2.59. The van der Waals surface area contributed by atoms with Gasteiger partial charge in [-0.1, -0.05) is 30.3 Å². The molecular formula is C20H32N2O5. The maximum atomic E-state index is 11.8. The summed E-state index contributed by atoms with van der Waals surface area (Å²) in [5.41, 5.74) is 0.921. The Bertz CT molecular complexity index is 575. The first-order chi connectivity index (χ1) is 12.8. The van der Waals surface area contributed by atoms with E-state index in [-0.39, 0.29) is 18.8 Å². The van der Waals surface area contributed by atoms with Gasteiger partial charge in [-0.05, 0) is 26.3 Å². The molecule has 1 fully saturated rings. The third kappa shape index (κ3) is 7.10. The molecule has 1 aromatic carbocycles. The quantitative estimate of drug-likeness (QED) is 0.693. The molecule has 7 nitrogen and oxygen atoms in total. The van der Waals surface area contributed by atoms with Crippen LogP contribution in [0.1, 0.15) is 26.3 Å². The lowest BCUT2D eigenvalue weighted by Crippen LogP contribution is -2.53. The summed E-state index contributed by atoms with van der Waals surface area (Å²) in [5.74, 6) is 0. The van der Waals surface area contributed by atoms with Gasteiger partial charge in [0.15, 0.2) is 0 Å². The van der Waals surface area contributed by atoms with Crippen LogP contribution in [0.3, 0.4) is 0 Å². The molecule has 1 aromatic rings. The third-order valence-electron chi connectivity index (χ3n) is 4.72. The molecule has 27 heavy (non-hydrogen) atoms. The number of β-amino-alcohol motifs (C(OH)–C–C–N with tert-alkyl or cyclic N) is 2. The second kappa shape index (κ2) is 10.0. The van der Waals surface area contributed by atoms with Gasteiger partial charge in [-0.3, -0.25) is 9.80 Å². The Hall–Kier alpha value is -1.67. The Morgan fingerprint density at radius 3 is 2.63 bits per heavy atom. The summed E-state index contributed by atoms with van der Waals surface area (Å²) in [6.07, 6.45) is -2.34. The van der Waals surface area contributed by atoms with Crippen molar-refractivity contribution in [3.05, 3.63) is 35.9 Å². The van der Waals surface area contributed by atoms with Crippen LogP contribution >= 0.6 is 0 Å². The predicted molar refractivity (Wildman–Crippen MR) is 102 cm³/mol. The molecule has 0 radical (unpaired) electrons. The number of aliphatic hydroxyl groups excluding tert-OH is 2. The van der Waals surface area contributed by atoms with E-state index in [1.807, 2.05) is 56.0 Å². The summed E-state index contributed by atoms with van der Waals surface area (Å²) >= 11 is 0. The number of rotatable bonds is 7. The molecule has 7 heteroatoms. The zero-order valence-electron chi connectivity index (χ0n) is 16.5. The summed E-state index contributed by atoms with van der Waals surface area (Å²) in [4.78, 5) is 15.9. The number of carbonyl (C=O) groups excluding carboxylic acids is 1. The normalized spacial score (nSPS) is 20.5. The van der Waals surface area contributed by atoms with Crippen molar-refractivity contribution in [1.29, 1.82) is 0 Å². The minimum absolute atomic E-state index is 0.00229. The van der Waals surface area contributed by atoms with Crippen molar-refractivity contribution in [2.45, 2.75) is 45.1 Å². The molecule has 0 spiro atoms. The molecule has 1 aliphatic rings. The van der Waals surface area contributed by atoms with Gasteiger partial charge in [0, 0.05) is 38.3 Å². The van der Waals surface area contributed by atoms with E-state index in [1.54, 1.807) is 0 Å². The van der Waals surface area contributed by atoms with Gasteiger partial charge in [0.1, 0.15) is 18.8 Å². The number of carbonyl (C=O) groups is 1. The van der Waals surface area contributed by atoms with Crippen molar-refractivity contribution in [2.75, 3.05) is 39.4 Å². The summed E-state index contributed by atoms with van der Waals surface area (Å²) < 4.78 is 10.5. The lowest BCUT2D eigenvalue weighted by Gasteiger charge is -2.39. The molecule has 0 saturated carbocycles. The van der Waals surface area contributed by atoms with Crippen LogP contribution in [0.5, 0.6) is 0 Å². The highest BCUT2D eigenvalue weighted by atomic mass is 16.7. The number of hydrogen-bond acceptors (Lipinski definition) is 7. The topological polar surface area (TPSA) is 82.5 Å². The molecule has 2 atom stereocenters. The molecule has 2 N–H and O–H groups in total. The molecule has 152 valence electrons. The van der Waals surface area contributed by atoms with Crippen molar-refractivity contribution >= 4 is 6.16 Å². The first-order valence-corrected chi connectivity index (χ1v) is 9.43. The average molecular weight is 380 g/mol. The van der Waals surface area contributed by atoms with Crippen LogP contribution in [0.4, 0.5) is 4.79 Å². The Morgan fingerprint density at radius 2 is 2.00 bits per heavy atom. The number of cyclic esters (lactones) is 2. The van der Waals surface area contributed by atoms with E-state index in [2.05, 4.69) is 4.90 Å². The number of ether oxygens (including phenoxy) is 2. The zero-order valence-corrected chi connectivity index (χ0v) is 16.5.